The quantitative estimate of drug-likeness (QED) is 0.213. The lowest BCUT2D eigenvalue weighted by molar-refractivity contribution is 0.208. The van der Waals surface area contributed by atoms with Crippen molar-refractivity contribution >= 4 is 34.7 Å². The monoisotopic (exact) mass is 656 g/mol. The fourth-order valence-electron chi connectivity index (χ4n) is 6.54. The summed E-state index contributed by atoms with van der Waals surface area (Å²) in [4.78, 5) is 31.2. The molecular weight excluding hydrogens is 616 g/mol. The van der Waals surface area contributed by atoms with Gasteiger partial charge in [0.15, 0.2) is 0 Å². The number of para-hydroxylation sites is 1. The number of hydrogen-bond donors (Lipinski definition) is 2. The molecule has 1 aliphatic heterocycles. The maximum absolute atomic E-state index is 14.0. The van der Waals surface area contributed by atoms with E-state index in [-0.39, 0.29) is 17.6 Å². The van der Waals surface area contributed by atoms with Gasteiger partial charge in [0.25, 0.3) is 5.56 Å². The zero-order chi connectivity index (χ0) is 32.8. The molecule has 1 aromatic heterocycles. The summed E-state index contributed by atoms with van der Waals surface area (Å²) in [6, 6.07) is 23.4. The molecule has 2 aliphatic rings. The van der Waals surface area contributed by atoms with Gasteiger partial charge in [0.05, 0.1) is 42.5 Å². The topological polar surface area (TPSA) is 101 Å². The minimum Gasteiger partial charge on any atom is -0.495 e. The third-order valence-electron chi connectivity index (χ3n) is 9.14. The first kappa shape index (κ1) is 32.2. The Morgan fingerprint density at radius 3 is 2.21 bits per heavy atom. The second kappa shape index (κ2) is 14.8. The Labute approximate surface area is 280 Å². The second-order valence-electron chi connectivity index (χ2n) is 12.1. The Morgan fingerprint density at radius 2 is 1.55 bits per heavy atom. The van der Waals surface area contributed by atoms with E-state index in [1.165, 1.54) is 24.5 Å². The number of methoxy groups -OCH3 is 2. The Morgan fingerprint density at radius 1 is 0.894 bits per heavy atom. The highest BCUT2D eigenvalue weighted by Crippen LogP contribution is 2.36. The summed E-state index contributed by atoms with van der Waals surface area (Å²) in [5.74, 6) is 1.55. The van der Waals surface area contributed by atoms with Crippen molar-refractivity contribution in [3.63, 3.8) is 0 Å². The van der Waals surface area contributed by atoms with E-state index in [0.29, 0.717) is 65.7 Å². The van der Waals surface area contributed by atoms with Gasteiger partial charge in [-0.05, 0) is 61.8 Å². The largest absolute Gasteiger partial charge is 0.495 e. The highest BCUT2D eigenvalue weighted by atomic mass is 35.5. The Bertz CT molecular complexity index is 1720. The number of halogens is 1. The number of aromatic nitrogens is 2. The molecule has 0 atom stereocenters. The molecule has 11 heteroatoms. The molecule has 1 saturated heterocycles. The number of rotatable bonds is 9. The van der Waals surface area contributed by atoms with Crippen molar-refractivity contribution < 1.29 is 14.3 Å². The van der Waals surface area contributed by atoms with Crippen LogP contribution in [0.4, 0.5) is 21.9 Å². The molecule has 0 spiro atoms. The SMILES string of the molecule is COc1cc(OC)c(NC(=O)N2CCN(c3cnn(-c4ccccc4)c(=O)c3NC3CCC(Cc4ccccc4)CC3)CC2)cc1Cl. The van der Waals surface area contributed by atoms with Crippen molar-refractivity contribution in [2.24, 2.45) is 5.92 Å². The molecule has 0 unspecified atom stereocenters. The third kappa shape index (κ3) is 7.49. The minimum absolute atomic E-state index is 0.177. The number of ether oxygens (including phenoxy) is 2. The predicted octanol–water partition coefficient (Wildman–Crippen LogP) is 6.47. The number of piperazine rings is 1. The van der Waals surface area contributed by atoms with Gasteiger partial charge < -0.3 is 29.9 Å². The van der Waals surface area contributed by atoms with Crippen molar-refractivity contribution in [1.29, 1.82) is 0 Å². The number of hydrogen-bond acceptors (Lipinski definition) is 7. The number of urea groups is 1. The summed E-state index contributed by atoms with van der Waals surface area (Å²) >= 11 is 6.31. The van der Waals surface area contributed by atoms with Gasteiger partial charge in [0, 0.05) is 38.3 Å². The highest BCUT2D eigenvalue weighted by molar-refractivity contribution is 6.32. The molecule has 4 aromatic rings. The van der Waals surface area contributed by atoms with Crippen molar-refractivity contribution in [2.45, 2.75) is 38.1 Å². The third-order valence-corrected chi connectivity index (χ3v) is 9.44. The number of anilines is 3. The number of carbonyl (C=O) groups excluding carboxylic acids is 1. The van der Waals surface area contributed by atoms with Gasteiger partial charge in [-0.3, -0.25) is 4.79 Å². The molecule has 0 bridgehead atoms. The van der Waals surface area contributed by atoms with E-state index in [1.54, 1.807) is 23.2 Å². The Kier molecular flexibility index (Phi) is 10.2. The summed E-state index contributed by atoms with van der Waals surface area (Å²) in [7, 11) is 3.05. The van der Waals surface area contributed by atoms with E-state index >= 15 is 0 Å². The van der Waals surface area contributed by atoms with E-state index < -0.39 is 0 Å². The normalized spacial score (nSPS) is 18.0. The molecule has 3 aromatic carbocycles. The van der Waals surface area contributed by atoms with Crippen molar-refractivity contribution in [2.75, 3.05) is 55.9 Å². The maximum Gasteiger partial charge on any atom is 0.322 e. The summed E-state index contributed by atoms with van der Waals surface area (Å²) in [6.07, 6.45) is 7.08. The molecule has 6 rings (SSSR count). The second-order valence-corrected chi connectivity index (χ2v) is 12.5. The van der Waals surface area contributed by atoms with Crippen LogP contribution >= 0.6 is 11.6 Å². The Hall–Kier alpha value is -4.70. The molecule has 47 heavy (non-hydrogen) atoms. The van der Waals surface area contributed by atoms with Crippen LogP contribution in [0.25, 0.3) is 5.69 Å². The molecule has 246 valence electrons. The fourth-order valence-corrected chi connectivity index (χ4v) is 6.78. The zero-order valence-corrected chi connectivity index (χ0v) is 27.6. The van der Waals surface area contributed by atoms with Gasteiger partial charge in [-0.25, -0.2) is 4.79 Å². The summed E-state index contributed by atoms with van der Waals surface area (Å²) in [5.41, 5.74) is 3.70. The first-order valence-corrected chi connectivity index (χ1v) is 16.5. The van der Waals surface area contributed by atoms with E-state index in [0.717, 1.165) is 37.8 Å². The first-order chi connectivity index (χ1) is 22.9. The van der Waals surface area contributed by atoms with Crippen LogP contribution in [0.2, 0.25) is 5.02 Å². The first-order valence-electron chi connectivity index (χ1n) is 16.1. The number of nitrogens with zero attached hydrogens (tertiary/aromatic N) is 4. The molecule has 2 fully saturated rings. The average Bonchev–Trinajstić information content (AvgIpc) is 3.11. The van der Waals surface area contributed by atoms with Gasteiger partial charge in [-0.1, -0.05) is 60.1 Å². The van der Waals surface area contributed by atoms with Gasteiger partial charge in [-0.2, -0.15) is 9.78 Å². The number of amides is 2. The molecule has 2 heterocycles. The van der Waals surface area contributed by atoms with Crippen LogP contribution in [-0.2, 0) is 6.42 Å². The van der Waals surface area contributed by atoms with E-state index in [1.807, 2.05) is 30.3 Å². The van der Waals surface area contributed by atoms with Crippen molar-refractivity contribution in [3.05, 3.63) is 99.9 Å². The van der Waals surface area contributed by atoms with Crippen molar-refractivity contribution in [3.8, 4) is 17.2 Å². The smallest absolute Gasteiger partial charge is 0.322 e. The van der Waals surface area contributed by atoms with E-state index in [2.05, 4.69) is 51.0 Å². The van der Waals surface area contributed by atoms with Crippen molar-refractivity contribution in [1.82, 2.24) is 14.7 Å². The van der Waals surface area contributed by atoms with Crippen LogP contribution in [0.1, 0.15) is 31.2 Å². The highest BCUT2D eigenvalue weighted by Gasteiger charge is 2.28. The molecule has 10 nitrogen and oxygen atoms in total. The minimum atomic E-state index is -0.257. The number of nitrogens with one attached hydrogen (secondary N) is 2. The van der Waals surface area contributed by atoms with Crippen LogP contribution in [0.3, 0.4) is 0 Å². The number of carbonyl (C=O) groups is 1. The van der Waals surface area contributed by atoms with Gasteiger partial charge >= 0.3 is 6.03 Å². The lowest BCUT2D eigenvalue weighted by Gasteiger charge is -2.37. The van der Waals surface area contributed by atoms with Gasteiger partial charge in [0.1, 0.15) is 17.2 Å². The summed E-state index contributed by atoms with van der Waals surface area (Å²) in [5, 5.41) is 11.5. The number of benzene rings is 3. The standard InChI is InChI=1S/C36H41ClN6O4/c1-46-32-23-33(47-2)30(22-29(32)37)40-36(45)42-19-17-41(18-20-42)31-24-38-43(28-11-7-4-8-12-28)35(44)34(31)39-27-15-13-26(14-16-27)21-25-9-5-3-6-10-25/h3-12,22-24,26-27,39H,13-21H2,1-2H3,(H,40,45). The van der Waals surface area contributed by atoms with Crippen LogP contribution in [0.5, 0.6) is 11.5 Å². The van der Waals surface area contributed by atoms with E-state index in [9.17, 15) is 9.59 Å². The lowest BCUT2D eigenvalue weighted by Crippen LogP contribution is -2.50. The van der Waals surface area contributed by atoms with E-state index in [4.69, 9.17) is 21.1 Å². The summed E-state index contributed by atoms with van der Waals surface area (Å²) < 4.78 is 12.2. The molecule has 2 N–H and O–H groups in total. The summed E-state index contributed by atoms with van der Waals surface area (Å²) in [6.45, 7) is 2.01. The predicted molar refractivity (Wildman–Crippen MR) is 187 cm³/mol. The van der Waals surface area contributed by atoms with Crippen LogP contribution < -0.4 is 30.6 Å². The maximum atomic E-state index is 14.0. The molecule has 1 saturated carbocycles. The van der Waals surface area contributed by atoms with Crippen LogP contribution in [0, 0.1) is 5.92 Å². The fraction of sp³-hybridized carbons (Fsp3) is 0.361. The van der Waals surface area contributed by atoms with Crippen LogP contribution in [0.15, 0.2) is 83.8 Å². The molecule has 1 aliphatic carbocycles. The molecular formula is C36H41ClN6O4. The zero-order valence-electron chi connectivity index (χ0n) is 26.8. The lowest BCUT2D eigenvalue weighted by atomic mass is 9.82. The Balaban J connectivity index is 1.16. The van der Waals surface area contributed by atoms with Gasteiger partial charge in [-0.15, -0.1) is 0 Å². The van der Waals surface area contributed by atoms with Gasteiger partial charge in [0.2, 0.25) is 0 Å². The average molecular weight is 657 g/mol. The molecule has 2 amide bonds. The molecule has 0 radical (unpaired) electrons. The van der Waals surface area contributed by atoms with Crippen LogP contribution in [-0.4, -0.2) is 67.2 Å².